The fraction of sp³-hybridized carbons (Fsp3) is 0.0400. The Balaban J connectivity index is 1.32. The van der Waals surface area contributed by atoms with Gasteiger partial charge in [0.25, 0.3) is 5.91 Å². The van der Waals surface area contributed by atoms with Gasteiger partial charge in [0, 0.05) is 22.9 Å². The van der Waals surface area contributed by atoms with Gasteiger partial charge in [-0.1, -0.05) is 30.3 Å². The molecule has 0 saturated carbocycles. The lowest BCUT2D eigenvalue weighted by Crippen LogP contribution is -2.17. The van der Waals surface area contributed by atoms with Crippen LogP contribution in [0.25, 0.3) is 38.5 Å². The summed E-state index contributed by atoms with van der Waals surface area (Å²) in [7, 11) is 0. The Morgan fingerprint density at radius 2 is 1.79 bits per heavy atom. The number of aromatic nitrogens is 3. The van der Waals surface area contributed by atoms with Crippen LogP contribution in [0.5, 0.6) is 0 Å². The van der Waals surface area contributed by atoms with E-state index >= 15 is 0 Å². The Bertz CT molecular complexity index is 1720. The molecular weight excluding hydrogens is 452 g/mol. The van der Waals surface area contributed by atoms with E-state index in [0.717, 1.165) is 11.0 Å². The number of aryl methyl sites for hydroxylation is 1. The summed E-state index contributed by atoms with van der Waals surface area (Å²) in [6, 6.07) is 19.4. The molecule has 0 spiro atoms. The number of rotatable bonds is 4. The van der Waals surface area contributed by atoms with Crippen LogP contribution in [0.4, 0.5) is 5.82 Å². The first-order valence-corrected chi connectivity index (χ1v) is 11.3. The highest BCUT2D eigenvalue weighted by Gasteiger charge is 2.18. The molecule has 9 heteroatoms. The molecule has 0 unspecified atom stereocenters. The largest absolute Gasteiger partial charge is 0.454 e. The minimum Gasteiger partial charge on any atom is -0.454 e. The van der Waals surface area contributed by atoms with Gasteiger partial charge in [-0.15, -0.1) is 11.3 Å². The van der Waals surface area contributed by atoms with E-state index in [-0.39, 0.29) is 11.2 Å². The quantitative estimate of drug-likeness (QED) is 0.371. The molecular formula is C25H16N4O4S. The maximum absolute atomic E-state index is 12.9. The predicted molar refractivity (Wildman–Crippen MR) is 130 cm³/mol. The monoisotopic (exact) mass is 468 g/mol. The smallest absolute Gasteiger partial charge is 0.292 e. The molecule has 8 nitrogen and oxygen atoms in total. The van der Waals surface area contributed by atoms with Crippen LogP contribution in [0.2, 0.25) is 0 Å². The number of carbonyl (C=O) groups excluding carboxylic acids is 1. The van der Waals surface area contributed by atoms with Crippen molar-refractivity contribution in [3.05, 3.63) is 93.8 Å². The van der Waals surface area contributed by atoms with Gasteiger partial charge >= 0.3 is 0 Å². The molecule has 0 aliphatic rings. The lowest BCUT2D eigenvalue weighted by Gasteiger charge is -2.06. The number of furan rings is 1. The number of hydrogen-bond donors (Lipinski definition) is 1. The van der Waals surface area contributed by atoms with Gasteiger partial charge in [0.05, 0.1) is 11.1 Å². The molecule has 1 N–H and O–H groups in total. The highest BCUT2D eigenvalue weighted by atomic mass is 32.1. The number of nitrogens with zero attached hydrogens (tertiary/aromatic N) is 3. The highest BCUT2D eigenvalue weighted by molar-refractivity contribution is 7.12. The summed E-state index contributed by atoms with van der Waals surface area (Å²) in [5.41, 5.74) is 2.21. The maximum Gasteiger partial charge on any atom is 0.292 e. The van der Waals surface area contributed by atoms with Crippen molar-refractivity contribution in [1.82, 2.24) is 14.8 Å². The van der Waals surface area contributed by atoms with E-state index in [1.54, 1.807) is 35.0 Å². The molecule has 34 heavy (non-hydrogen) atoms. The summed E-state index contributed by atoms with van der Waals surface area (Å²) in [6.07, 6.45) is 0. The van der Waals surface area contributed by atoms with E-state index in [0.29, 0.717) is 39.1 Å². The zero-order chi connectivity index (χ0) is 23.2. The third kappa shape index (κ3) is 3.48. The van der Waals surface area contributed by atoms with Gasteiger partial charge in [0.1, 0.15) is 22.7 Å². The number of anilines is 1. The van der Waals surface area contributed by atoms with Crippen LogP contribution in [0.15, 0.2) is 85.7 Å². The molecule has 1 amide bonds. The SMILES string of the molecule is Cc1cc(NC(=O)c2cc(=O)c3ccccc3o2)n(-c2nc(-c3cc4ccccc4o3)cs2)n1. The highest BCUT2D eigenvalue weighted by Crippen LogP contribution is 2.30. The van der Waals surface area contributed by atoms with Gasteiger partial charge in [0.15, 0.2) is 16.9 Å². The third-order valence-corrected chi connectivity index (χ3v) is 6.10. The molecule has 0 aliphatic carbocycles. The molecule has 6 aromatic rings. The molecule has 0 atom stereocenters. The number of para-hydroxylation sites is 2. The maximum atomic E-state index is 12.9. The molecule has 0 radical (unpaired) electrons. The Kier molecular flexibility index (Phi) is 4.63. The van der Waals surface area contributed by atoms with Gasteiger partial charge in [0.2, 0.25) is 5.13 Å². The zero-order valence-electron chi connectivity index (χ0n) is 17.8. The Hall–Kier alpha value is -4.50. The summed E-state index contributed by atoms with van der Waals surface area (Å²) in [5, 5.41) is 11.1. The summed E-state index contributed by atoms with van der Waals surface area (Å²) in [5.74, 6) is 0.411. The second-order valence-corrected chi connectivity index (χ2v) is 8.51. The van der Waals surface area contributed by atoms with Crippen LogP contribution in [0, 0.1) is 6.92 Å². The van der Waals surface area contributed by atoms with Crippen molar-refractivity contribution in [3.63, 3.8) is 0 Å². The van der Waals surface area contributed by atoms with Crippen LogP contribution in [0.3, 0.4) is 0 Å². The second-order valence-electron chi connectivity index (χ2n) is 7.67. The van der Waals surface area contributed by atoms with Crippen molar-refractivity contribution < 1.29 is 13.6 Å². The summed E-state index contributed by atoms with van der Waals surface area (Å²) < 4.78 is 13.1. The van der Waals surface area contributed by atoms with Crippen LogP contribution in [-0.2, 0) is 0 Å². The van der Waals surface area contributed by atoms with Gasteiger partial charge in [-0.25, -0.2) is 4.98 Å². The first-order chi connectivity index (χ1) is 16.5. The second kappa shape index (κ2) is 7.82. The molecule has 4 heterocycles. The van der Waals surface area contributed by atoms with Crippen molar-refractivity contribution in [3.8, 4) is 16.6 Å². The van der Waals surface area contributed by atoms with Gasteiger partial charge in [-0.2, -0.15) is 9.78 Å². The zero-order valence-corrected chi connectivity index (χ0v) is 18.6. The van der Waals surface area contributed by atoms with E-state index in [1.807, 2.05) is 42.6 Å². The summed E-state index contributed by atoms with van der Waals surface area (Å²) >= 11 is 1.37. The molecule has 0 saturated heterocycles. The number of amides is 1. The minimum absolute atomic E-state index is 0.0868. The molecule has 6 rings (SSSR count). The number of thiazole rings is 1. The first-order valence-electron chi connectivity index (χ1n) is 10.4. The van der Waals surface area contributed by atoms with Crippen LogP contribution >= 0.6 is 11.3 Å². The number of hydrogen-bond acceptors (Lipinski definition) is 7. The van der Waals surface area contributed by atoms with Crippen molar-refractivity contribution in [2.24, 2.45) is 0 Å². The molecule has 2 aromatic carbocycles. The van der Waals surface area contributed by atoms with E-state index in [2.05, 4.69) is 15.4 Å². The Morgan fingerprint density at radius 3 is 2.65 bits per heavy atom. The Labute approximate surface area is 196 Å². The fourth-order valence-electron chi connectivity index (χ4n) is 3.71. The van der Waals surface area contributed by atoms with E-state index in [9.17, 15) is 9.59 Å². The molecule has 0 bridgehead atoms. The van der Waals surface area contributed by atoms with Gasteiger partial charge in [-0.05, 0) is 31.2 Å². The third-order valence-electron chi connectivity index (χ3n) is 5.28. The van der Waals surface area contributed by atoms with Crippen LogP contribution in [0.1, 0.15) is 16.2 Å². The van der Waals surface area contributed by atoms with Gasteiger partial charge in [-0.3, -0.25) is 9.59 Å². The molecule has 166 valence electrons. The number of nitrogens with one attached hydrogen (secondary N) is 1. The lowest BCUT2D eigenvalue weighted by atomic mass is 10.2. The van der Waals surface area contributed by atoms with Gasteiger partial charge < -0.3 is 14.2 Å². The van der Waals surface area contributed by atoms with E-state index in [4.69, 9.17) is 8.83 Å². The normalized spacial score (nSPS) is 11.3. The lowest BCUT2D eigenvalue weighted by molar-refractivity contribution is 0.0996. The molecule has 4 aromatic heterocycles. The van der Waals surface area contributed by atoms with E-state index in [1.165, 1.54) is 17.4 Å². The fourth-order valence-corrected chi connectivity index (χ4v) is 4.49. The topological polar surface area (TPSA) is 103 Å². The number of fused-ring (bicyclic) bond motifs is 2. The Morgan fingerprint density at radius 1 is 1.00 bits per heavy atom. The van der Waals surface area contributed by atoms with Crippen molar-refractivity contribution in [1.29, 1.82) is 0 Å². The van der Waals surface area contributed by atoms with Crippen LogP contribution in [-0.4, -0.2) is 20.7 Å². The summed E-state index contributed by atoms with van der Waals surface area (Å²) in [6.45, 7) is 1.82. The number of carbonyl (C=O) groups is 1. The number of benzene rings is 2. The average Bonchev–Trinajstić information content (AvgIpc) is 3.56. The van der Waals surface area contributed by atoms with Crippen molar-refractivity contribution >= 4 is 45.0 Å². The summed E-state index contributed by atoms with van der Waals surface area (Å²) in [4.78, 5) is 29.9. The average molecular weight is 468 g/mol. The molecule has 0 aliphatic heterocycles. The van der Waals surface area contributed by atoms with Crippen molar-refractivity contribution in [2.45, 2.75) is 6.92 Å². The standard InChI is InChI=1S/C25H16N4O4S/c1-14-10-23(27-24(31)22-12-18(30)16-7-3-5-9-20(16)33-22)29(28-14)25-26-17(13-34-25)21-11-15-6-2-4-8-19(15)32-21/h2-13H,1H3,(H,27,31). The van der Waals surface area contributed by atoms with E-state index < -0.39 is 5.91 Å². The van der Waals surface area contributed by atoms with Crippen LogP contribution < -0.4 is 10.7 Å². The predicted octanol–water partition coefficient (Wildman–Crippen LogP) is 5.41. The first kappa shape index (κ1) is 20.1. The molecule has 0 fully saturated rings. The minimum atomic E-state index is -0.557. The van der Waals surface area contributed by atoms with Crippen molar-refractivity contribution in [2.75, 3.05) is 5.32 Å².